The monoisotopic (exact) mass is 223 g/mol. The van der Waals surface area contributed by atoms with Gasteiger partial charge in [-0.3, -0.25) is 0 Å². The van der Waals surface area contributed by atoms with Gasteiger partial charge in [0.15, 0.2) is 0 Å². The van der Waals surface area contributed by atoms with Crippen LogP contribution in [-0.2, 0) is 6.42 Å². The molecule has 0 radical (unpaired) electrons. The molecule has 0 saturated carbocycles. The number of rotatable bonds is 5. The number of hydrogen-bond acceptors (Lipinski definition) is 1. The lowest BCUT2D eigenvalue weighted by atomic mass is 10.0. The Labute approximate surface area is 97.1 Å². The average molecular weight is 224 g/mol. The maximum absolute atomic E-state index is 6.11. The zero-order valence-corrected chi connectivity index (χ0v) is 10.1. The third-order valence-corrected chi connectivity index (χ3v) is 2.80. The molecule has 1 aromatic carbocycles. The van der Waals surface area contributed by atoms with Crippen molar-refractivity contribution in [2.45, 2.75) is 25.8 Å². The third-order valence-electron chi connectivity index (χ3n) is 2.43. The molecule has 1 unspecified atom stereocenters. The lowest BCUT2D eigenvalue weighted by molar-refractivity contribution is 0.555. The Morgan fingerprint density at radius 2 is 2.13 bits per heavy atom. The van der Waals surface area contributed by atoms with Gasteiger partial charge in [-0.05, 0) is 38.4 Å². The lowest BCUT2D eigenvalue weighted by Gasteiger charge is -2.16. The molecule has 0 saturated heterocycles. The first-order valence-electron chi connectivity index (χ1n) is 5.18. The first-order valence-corrected chi connectivity index (χ1v) is 5.56. The van der Waals surface area contributed by atoms with E-state index in [1.807, 2.05) is 25.2 Å². The van der Waals surface area contributed by atoms with Crippen LogP contribution in [0.15, 0.2) is 36.4 Å². The quantitative estimate of drug-likeness (QED) is 0.755. The second-order valence-electron chi connectivity index (χ2n) is 3.94. The van der Waals surface area contributed by atoms with Gasteiger partial charge in [0.2, 0.25) is 0 Å². The van der Waals surface area contributed by atoms with Crippen molar-refractivity contribution in [3.63, 3.8) is 0 Å². The molecular weight excluding hydrogens is 206 g/mol. The standard InChI is InChI=1S/C13H18ClN/c1-10(2)8-12(15-3)9-11-6-4-5-7-13(11)14/h4-7,12,15H,1,8-9H2,2-3H3. The van der Waals surface area contributed by atoms with E-state index in [4.69, 9.17) is 11.6 Å². The molecule has 15 heavy (non-hydrogen) atoms. The van der Waals surface area contributed by atoms with E-state index < -0.39 is 0 Å². The summed E-state index contributed by atoms with van der Waals surface area (Å²) in [5.74, 6) is 0. The van der Waals surface area contributed by atoms with Crippen LogP contribution in [0.5, 0.6) is 0 Å². The number of nitrogens with one attached hydrogen (secondary N) is 1. The molecule has 0 aliphatic carbocycles. The van der Waals surface area contributed by atoms with Gasteiger partial charge in [0.1, 0.15) is 0 Å². The van der Waals surface area contributed by atoms with E-state index in [9.17, 15) is 0 Å². The zero-order valence-electron chi connectivity index (χ0n) is 9.39. The Morgan fingerprint density at radius 3 is 2.67 bits per heavy atom. The Hall–Kier alpha value is -0.790. The Bertz CT molecular complexity index is 333. The molecule has 2 heteroatoms. The largest absolute Gasteiger partial charge is 0.316 e. The van der Waals surface area contributed by atoms with Gasteiger partial charge in [-0.15, -0.1) is 6.58 Å². The molecular formula is C13H18ClN. The number of likely N-dealkylation sites (N-methyl/N-ethyl adjacent to an activating group) is 1. The zero-order chi connectivity index (χ0) is 11.3. The van der Waals surface area contributed by atoms with Crippen molar-refractivity contribution in [3.8, 4) is 0 Å². The minimum Gasteiger partial charge on any atom is -0.316 e. The summed E-state index contributed by atoms with van der Waals surface area (Å²) >= 11 is 6.11. The van der Waals surface area contributed by atoms with Crippen LogP contribution in [0.2, 0.25) is 5.02 Å². The second kappa shape index (κ2) is 5.94. The van der Waals surface area contributed by atoms with E-state index in [2.05, 4.69) is 24.9 Å². The Kier molecular flexibility index (Phi) is 4.86. The van der Waals surface area contributed by atoms with E-state index in [-0.39, 0.29) is 0 Å². The highest BCUT2D eigenvalue weighted by atomic mass is 35.5. The van der Waals surface area contributed by atoms with Crippen molar-refractivity contribution < 1.29 is 0 Å². The first-order chi connectivity index (χ1) is 7.13. The van der Waals surface area contributed by atoms with Crippen LogP contribution in [0.1, 0.15) is 18.9 Å². The number of halogens is 1. The average Bonchev–Trinajstić information content (AvgIpc) is 2.19. The van der Waals surface area contributed by atoms with Crippen molar-refractivity contribution in [3.05, 3.63) is 47.0 Å². The van der Waals surface area contributed by atoms with Crippen LogP contribution in [0, 0.1) is 0 Å². The summed E-state index contributed by atoms with van der Waals surface area (Å²) in [4.78, 5) is 0. The summed E-state index contributed by atoms with van der Waals surface area (Å²) < 4.78 is 0. The molecule has 0 fully saturated rings. The van der Waals surface area contributed by atoms with E-state index >= 15 is 0 Å². The molecule has 1 atom stereocenters. The van der Waals surface area contributed by atoms with Crippen LogP contribution in [0.3, 0.4) is 0 Å². The predicted molar refractivity (Wildman–Crippen MR) is 67.4 cm³/mol. The van der Waals surface area contributed by atoms with E-state index in [1.54, 1.807) is 0 Å². The van der Waals surface area contributed by atoms with Crippen LogP contribution in [0.25, 0.3) is 0 Å². The van der Waals surface area contributed by atoms with Crippen LogP contribution in [0.4, 0.5) is 0 Å². The van der Waals surface area contributed by atoms with E-state index in [0.29, 0.717) is 6.04 Å². The highest BCUT2D eigenvalue weighted by Gasteiger charge is 2.09. The molecule has 1 nitrogen and oxygen atoms in total. The van der Waals surface area contributed by atoms with Crippen LogP contribution < -0.4 is 5.32 Å². The van der Waals surface area contributed by atoms with Gasteiger partial charge in [-0.1, -0.05) is 35.4 Å². The molecule has 1 N–H and O–H groups in total. The van der Waals surface area contributed by atoms with Crippen LogP contribution >= 0.6 is 11.6 Å². The molecule has 0 aromatic heterocycles. The Balaban J connectivity index is 2.66. The van der Waals surface area contributed by atoms with Gasteiger partial charge in [-0.25, -0.2) is 0 Å². The molecule has 82 valence electrons. The predicted octanol–water partition coefficient (Wildman–Crippen LogP) is 3.44. The van der Waals surface area contributed by atoms with Gasteiger partial charge in [0.05, 0.1) is 0 Å². The minimum absolute atomic E-state index is 0.419. The molecule has 0 spiro atoms. The van der Waals surface area contributed by atoms with Crippen molar-refractivity contribution in [2.24, 2.45) is 0 Å². The smallest absolute Gasteiger partial charge is 0.0438 e. The highest BCUT2D eigenvalue weighted by molar-refractivity contribution is 6.31. The van der Waals surface area contributed by atoms with Crippen molar-refractivity contribution >= 4 is 11.6 Å². The molecule has 0 bridgehead atoms. The normalized spacial score (nSPS) is 12.5. The van der Waals surface area contributed by atoms with Crippen molar-refractivity contribution in [1.82, 2.24) is 5.32 Å². The maximum Gasteiger partial charge on any atom is 0.0438 e. The number of benzene rings is 1. The molecule has 1 aromatic rings. The number of hydrogen-bond donors (Lipinski definition) is 1. The van der Waals surface area contributed by atoms with Gasteiger partial charge in [-0.2, -0.15) is 0 Å². The summed E-state index contributed by atoms with van der Waals surface area (Å²) in [6.45, 7) is 5.99. The summed E-state index contributed by atoms with van der Waals surface area (Å²) in [7, 11) is 1.98. The third kappa shape index (κ3) is 4.06. The fourth-order valence-corrected chi connectivity index (χ4v) is 1.84. The van der Waals surface area contributed by atoms with E-state index in [0.717, 1.165) is 17.9 Å². The molecule has 0 aliphatic heterocycles. The summed E-state index contributed by atoms with van der Waals surface area (Å²) in [6.07, 6.45) is 1.94. The summed E-state index contributed by atoms with van der Waals surface area (Å²) in [5.41, 5.74) is 2.39. The molecule has 0 heterocycles. The fourth-order valence-electron chi connectivity index (χ4n) is 1.63. The fraction of sp³-hybridized carbons (Fsp3) is 0.385. The summed E-state index contributed by atoms with van der Waals surface area (Å²) in [6, 6.07) is 8.41. The topological polar surface area (TPSA) is 12.0 Å². The Morgan fingerprint density at radius 1 is 1.47 bits per heavy atom. The summed E-state index contributed by atoms with van der Waals surface area (Å²) in [5, 5.41) is 4.14. The van der Waals surface area contributed by atoms with Crippen molar-refractivity contribution in [2.75, 3.05) is 7.05 Å². The molecule has 0 amide bonds. The lowest BCUT2D eigenvalue weighted by Crippen LogP contribution is -2.27. The van der Waals surface area contributed by atoms with Gasteiger partial charge in [0, 0.05) is 11.1 Å². The first kappa shape index (κ1) is 12.3. The minimum atomic E-state index is 0.419. The maximum atomic E-state index is 6.11. The van der Waals surface area contributed by atoms with E-state index in [1.165, 1.54) is 11.1 Å². The SMILES string of the molecule is C=C(C)CC(Cc1ccccc1Cl)NC. The molecule has 1 rings (SSSR count). The van der Waals surface area contributed by atoms with Gasteiger partial charge < -0.3 is 5.32 Å². The second-order valence-corrected chi connectivity index (χ2v) is 4.35. The van der Waals surface area contributed by atoms with Crippen molar-refractivity contribution in [1.29, 1.82) is 0 Å². The molecule has 0 aliphatic rings. The van der Waals surface area contributed by atoms with Crippen LogP contribution in [-0.4, -0.2) is 13.1 Å². The highest BCUT2D eigenvalue weighted by Crippen LogP contribution is 2.18. The van der Waals surface area contributed by atoms with Gasteiger partial charge >= 0.3 is 0 Å². The van der Waals surface area contributed by atoms with Gasteiger partial charge in [0.25, 0.3) is 0 Å².